The van der Waals surface area contributed by atoms with Gasteiger partial charge in [0.25, 0.3) is 0 Å². The first kappa shape index (κ1) is 14.9. The van der Waals surface area contributed by atoms with Crippen molar-refractivity contribution in [2.45, 2.75) is 44.7 Å². The second-order valence-electron chi connectivity index (χ2n) is 5.98. The van der Waals surface area contributed by atoms with Crippen molar-refractivity contribution in [3.8, 4) is 0 Å². The number of nitrogens with zero attached hydrogens (tertiary/aromatic N) is 4. The molecule has 22 heavy (non-hydrogen) atoms. The van der Waals surface area contributed by atoms with Crippen molar-refractivity contribution in [3.05, 3.63) is 18.5 Å². The zero-order valence-electron chi connectivity index (χ0n) is 12.9. The Bertz CT molecular complexity index is 530. The molecule has 120 valence electrons. The van der Waals surface area contributed by atoms with Crippen molar-refractivity contribution >= 4 is 11.9 Å². The fourth-order valence-corrected chi connectivity index (χ4v) is 3.33. The van der Waals surface area contributed by atoms with Crippen LogP contribution in [0.1, 0.15) is 38.6 Å². The van der Waals surface area contributed by atoms with Crippen LogP contribution < -0.4 is 5.32 Å². The average molecular weight is 305 g/mol. The van der Waals surface area contributed by atoms with Gasteiger partial charge < -0.3 is 10.2 Å². The molecule has 0 aromatic carbocycles. The summed E-state index contributed by atoms with van der Waals surface area (Å²) in [5.41, 5.74) is 0. The lowest BCUT2D eigenvalue weighted by Gasteiger charge is -2.33. The second kappa shape index (κ2) is 6.37. The van der Waals surface area contributed by atoms with Gasteiger partial charge >= 0.3 is 6.03 Å². The topological polar surface area (TPSA) is 70.5 Å². The highest BCUT2D eigenvalue weighted by atomic mass is 16.2. The summed E-state index contributed by atoms with van der Waals surface area (Å²) in [5.74, 6) is 0.0184. The van der Waals surface area contributed by atoms with E-state index < -0.39 is 0 Å². The Morgan fingerprint density at radius 1 is 1.41 bits per heavy atom. The van der Waals surface area contributed by atoms with Gasteiger partial charge in [0, 0.05) is 18.9 Å². The van der Waals surface area contributed by atoms with Crippen molar-refractivity contribution < 1.29 is 9.59 Å². The van der Waals surface area contributed by atoms with E-state index in [0.29, 0.717) is 13.2 Å². The molecule has 1 N–H and O–H groups in total. The largest absolute Gasteiger partial charge is 0.333 e. The molecule has 1 saturated carbocycles. The summed E-state index contributed by atoms with van der Waals surface area (Å²) in [6.45, 7) is 3.13. The summed E-state index contributed by atoms with van der Waals surface area (Å²) >= 11 is 0. The number of nitrogens with one attached hydrogen (secondary N) is 1. The zero-order chi connectivity index (χ0) is 15.5. The fraction of sp³-hybridized carbons (Fsp3) is 0.667. The molecule has 1 aliphatic carbocycles. The number of rotatable bonds is 3. The highest BCUT2D eigenvalue weighted by Gasteiger charge is 2.33. The molecular formula is C15H23N5O2. The Balaban J connectivity index is 1.63. The van der Waals surface area contributed by atoms with Gasteiger partial charge in [0.15, 0.2) is 0 Å². The maximum absolute atomic E-state index is 12.4. The molecule has 3 amide bonds. The van der Waals surface area contributed by atoms with Gasteiger partial charge in [0.2, 0.25) is 5.91 Å². The maximum atomic E-state index is 12.4. The minimum Gasteiger partial charge on any atom is -0.333 e. The number of aromatic nitrogens is 2. The van der Waals surface area contributed by atoms with Crippen LogP contribution in [0.3, 0.4) is 0 Å². The highest BCUT2D eigenvalue weighted by Crippen LogP contribution is 2.28. The first-order chi connectivity index (χ1) is 10.7. The Labute approximate surface area is 130 Å². The first-order valence-corrected chi connectivity index (χ1v) is 8.01. The third kappa shape index (κ3) is 2.93. The fourth-order valence-electron chi connectivity index (χ4n) is 3.33. The van der Waals surface area contributed by atoms with Gasteiger partial charge in [-0.1, -0.05) is 12.8 Å². The number of hydrogen-bond acceptors (Lipinski definition) is 3. The highest BCUT2D eigenvalue weighted by molar-refractivity contribution is 5.87. The third-order valence-electron chi connectivity index (χ3n) is 4.59. The van der Waals surface area contributed by atoms with Gasteiger partial charge in [-0.05, 0) is 25.8 Å². The van der Waals surface area contributed by atoms with Crippen LogP contribution in [0.5, 0.6) is 0 Å². The minimum absolute atomic E-state index is 0.0184. The normalized spacial score (nSPS) is 25.6. The number of urea groups is 1. The number of carbonyl (C=O) groups excluding carboxylic acids is 2. The SMILES string of the molecule is CCN1CN(C(=O)N[C@H]2CCCC[C@H]2n2cccn2)CC1=O. The van der Waals surface area contributed by atoms with Crippen LogP contribution in [0.25, 0.3) is 0 Å². The van der Waals surface area contributed by atoms with E-state index in [1.165, 1.54) is 0 Å². The zero-order valence-corrected chi connectivity index (χ0v) is 12.9. The monoisotopic (exact) mass is 305 g/mol. The molecule has 2 heterocycles. The van der Waals surface area contributed by atoms with E-state index in [0.717, 1.165) is 25.7 Å². The summed E-state index contributed by atoms with van der Waals surface area (Å²) in [6.07, 6.45) is 7.96. The Kier molecular flexibility index (Phi) is 4.31. The van der Waals surface area contributed by atoms with Crippen LogP contribution in [-0.4, -0.2) is 57.3 Å². The summed E-state index contributed by atoms with van der Waals surface area (Å²) in [6, 6.07) is 2.04. The molecule has 0 unspecified atom stereocenters. The molecule has 0 bridgehead atoms. The van der Waals surface area contributed by atoms with E-state index in [1.807, 2.05) is 23.9 Å². The minimum atomic E-state index is -0.145. The van der Waals surface area contributed by atoms with Crippen LogP contribution in [-0.2, 0) is 4.79 Å². The van der Waals surface area contributed by atoms with Crippen molar-refractivity contribution in [1.29, 1.82) is 0 Å². The molecule has 1 saturated heterocycles. The molecule has 1 aromatic rings. The number of carbonyl (C=O) groups is 2. The smallest absolute Gasteiger partial charge is 0.319 e. The quantitative estimate of drug-likeness (QED) is 0.912. The van der Waals surface area contributed by atoms with Crippen molar-refractivity contribution in [2.24, 2.45) is 0 Å². The Morgan fingerprint density at radius 3 is 2.91 bits per heavy atom. The van der Waals surface area contributed by atoms with Gasteiger partial charge in [0.1, 0.15) is 6.54 Å². The van der Waals surface area contributed by atoms with Crippen LogP contribution in [0, 0.1) is 0 Å². The molecule has 7 nitrogen and oxygen atoms in total. The Hall–Kier alpha value is -2.05. The van der Waals surface area contributed by atoms with Crippen molar-refractivity contribution in [2.75, 3.05) is 19.8 Å². The molecule has 1 aromatic heterocycles. The van der Waals surface area contributed by atoms with E-state index >= 15 is 0 Å². The molecule has 2 aliphatic rings. The molecule has 2 atom stereocenters. The standard InChI is InChI=1S/C15H23N5O2/c1-2-18-11-19(10-14(18)21)15(22)17-12-6-3-4-7-13(12)20-9-5-8-16-20/h5,8-9,12-13H,2-4,6-7,10-11H2,1H3,(H,17,22)/t12-,13+/m0/s1. The summed E-state index contributed by atoms with van der Waals surface area (Å²) in [5, 5.41) is 7.43. The van der Waals surface area contributed by atoms with Crippen LogP contribution in [0.4, 0.5) is 4.79 Å². The molecule has 3 rings (SSSR count). The average Bonchev–Trinajstić information content (AvgIpc) is 3.17. The molecule has 7 heteroatoms. The van der Waals surface area contributed by atoms with Gasteiger partial charge in [0.05, 0.1) is 18.8 Å². The first-order valence-electron chi connectivity index (χ1n) is 8.01. The molecule has 1 aliphatic heterocycles. The van der Waals surface area contributed by atoms with Gasteiger partial charge in [-0.15, -0.1) is 0 Å². The van der Waals surface area contributed by atoms with Crippen LogP contribution >= 0.6 is 0 Å². The lowest BCUT2D eigenvalue weighted by atomic mass is 9.90. The van der Waals surface area contributed by atoms with Crippen molar-refractivity contribution in [1.82, 2.24) is 24.9 Å². The number of likely N-dealkylation sites (N-methyl/N-ethyl adjacent to an activating group) is 1. The van der Waals surface area contributed by atoms with E-state index in [-0.39, 0.29) is 30.6 Å². The molecule has 0 radical (unpaired) electrons. The van der Waals surface area contributed by atoms with Gasteiger partial charge in [-0.25, -0.2) is 4.79 Å². The lowest BCUT2D eigenvalue weighted by molar-refractivity contribution is -0.126. The maximum Gasteiger partial charge on any atom is 0.319 e. The van der Waals surface area contributed by atoms with Gasteiger partial charge in [-0.3, -0.25) is 14.4 Å². The van der Waals surface area contributed by atoms with E-state index in [1.54, 1.807) is 16.0 Å². The molecular weight excluding hydrogens is 282 g/mol. The Morgan fingerprint density at radius 2 is 2.23 bits per heavy atom. The molecule has 2 fully saturated rings. The summed E-state index contributed by atoms with van der Waals surface area (Å²) in [7, 11) is 0. The summed E-state index contributed by atoms with van der Waals surface area (Å²) in [4.78, 5) is 27.5. The number of hydrogen-bond donors (Lipinski definition) is 1. The predicted octanol–water partition coefficient (Wildman–Crippen LogP) is 1.20. The third-order valence-corrected chi connectivity index (χ3v) is 4.59. The summed E-state index contributed by atoms with van der Waals surface area (Å²) < 4.78 is 1.94. The van der Waals surface area contributed by atoms with Crippen LogP contribution in [0.15, 0.2) is 18.5 Å². The second-order valence-corrected chi connectivity index (χ2v) is 5.98. The van der Waals surface area contributed by atoms with E-state index in [4.69, 9.17) is 0 Å². The van der Waals surface area contributed by atoms with Gasteiger partial charge in [-0.2, -0.15) is 5.10 Å². The van der Waals surface area contributed by atoms with E-state index in [9.17, 15) is 9.59 Å². The molecule has 0 spiro atoms. The van der Waals surface area contributed by atoms with E-state index in [2.05, 4.69) is 10.4 Å². The predicted molar refractivity (Wildman–Crippen MR) is 81.0 cm³/mol. The number of amides is 3. The lowest BCUT2D eigenvalue weighted by Crippen LogP contribution is -2.48. The van der Waals surface area contributed by atoms with Crippen LogP contribution in [0.2, 0.25) is 0 Å². The van der Waals surface area contributed by atoms with Crippen molar-refractivity contribution in [3.63, 3.8) is 0 Å².